The summed E-state index contributed by atoms with van der Waals surface area (Å²) < 4.78 is 25.1. The maximum absolute atomic E-state index is 13.5. The first-order valence-electron chi connectivity index (χ1n) is 9.77. The van der Waals surface area contributed by atoms with Gasteiger partial charge in [0, 0.05) is 44.5 Å². The fraction of sp³-hybridized carbons (Fsp3) is 0.409. The lowest BCUT2D eigenvalue weighted by Crippen LogP contribution is -2.49. The summed E-state index contributed by atoms with van der Waals surface area (Å²) in [4.78, 5) is 13.4. The summed E-state index contributed by atoms with van der Waals surface area (Å²) in [6.07, 6.45) is 1.59. The quantitative estimate of drug-likeness (QED) is 0.775. The Hall–Kier alpha value is -2.64. The molecular formula is C22H24FNO5. The minimum Gasteiger partial charge on any atom is -0.490 e. The normalized spacial score (nSPS) is 18.8. The van der Waals surface area contributed by atoms with Crippen molar-refractivity contribution in [3.8, 4) is 11.5 Å². The Morgan fingerprint density at radius 3 is 2.76 bits per heavy atom. The summed E-state index contributed by atoms with van der Waals surface area (Å²) in [5, 5.41) is 19.5. The number of rotatable bonds is 6. The van der Waals surface area contributed by atoms with E-state index in [1.165, 1.54) is 12.1 Å². The number of ether oxygens (including phenoxy) is 2. The molecule has 2 aliphatic heterocycles. The van der Waals surface area contributed by atoms with E-state index in [9.17, 15) is 19.4 Å². The molecule has 1 atom stereocenters. The van der Waals surface area contributed by atoms with Crippen LogP contribution in [0, 0.1) is 5.82 Å². The van der Waals surface area contributed by atoms with Gasteiger partial charge >= 0.3 is 5.97 Å². The summed E-state index contributed by atoms with van der Waals surface area (Å²) in [7, 11) is 0. The number of aliphatic hydroxyl groups is 1. The number of carboxylic acid groups (broad SMARTS) is 1. The molecule has 0 amide bonds. The summed E-state index contributed by atoms with van der Waals surface area (Å²) >= 11 is 0. The number of aromatic carboxylic acids is 1. The highest BCUT2D eigenvalue weighted by Gasteiger charge is 2.42. The van der Waals surface area contributed by atoms with Gasteiger partial charge in [-0.3, -0.25) is 0 Å². The van der Waals surface area contributed by atoms with Crippen LogP contribution < -0.4 is 9.47 Å². The molecule has 0 saturated carbocycles. The van der Waals surface area contributed by atoms with Gasteiger partial charge in [-0.2, -0.15) is 0 Å². The van der Waals surface area contributed by atoms with Crippen molar-refractivity contribution in [2.75, 3.05) is 26.2 Å². The molecule has 1 fully saturated rings. The lowest BCUT2D eigenvalue weighted by Gasteiger charge is -2.39. The number of hydrogen-bond donors (Lipinski definition) is 2. The Bertz CT molecular complexity index is 895. The zero-order valence-electron chi connectivity index (χ0n) is 16.0. The molecule has 154 valence electrons. The Morgan fingerprint density at radius 2 is 2.00 bits per heavy atom. The van der Waals surface area contributed by atoms with Crippen LogP contribution in [0.25, 0.3) is 0 Å². The summed E-state index contributed by atoms with van der Waals surface area (Å²) in [6.45, 7) is 1.98. The average Bonchev–Trinajstić information content (AvgIpc) is 3.05. The smallest absolute Gasteiger partial charge is 0.339 e. The highest BCUT2D eigenvalue weighted by Crippen LogP contribution is 2.41. The highest BCUT2D eigenvalue weighted by molar-refractivity contribution is 5.90. The molecule has 6 nitrogen and oxygen atoms in total. The van der Waals surface area contributed by atoms with Crippen molar-refractivity contribution in [3.63, 3.8) is 0 Å². The number of carboxylic acids is 1. The third kappa shape index (κ3) is 4.36. The van der Waals surface area contributed by atoms with Crippen molar-refractivity contribution in [2.45, 2.75) is 31.0 Å². The molecule has 0 bridgehead atoms. The maximum atomic E-state index is 13.5. The minimum atomic E-state index is -1.06. The lowest BCUT2D eigenvalue weighted by atomic mass is 9.87. The predicted octanol–water partition coefficient (Wildman–Crippen LogP) is 2.73. The number of hydrogen-bond acceptors (Lipinski definition) is 5. The number of aliphatic hydroxyl groups excluding tert-OH is 1. The third-order valence-corrected chi connectivity index (χ3v) is 5.65. The van der Waals surface area contributed by atoms with Crippen LogP contribution in [0.15, 0.2) is 42.5 Å². The molecule has 29 heavy (non-hydrogen) atoms. The molecule has 2 N–H and O–H groups in total. The van der Waals surface area contributed by atoms with Gasteiger partial charge in [-0.05, 0) is 30.3 Å². The molecule has 1 spiro atoms. The summed E-state index contributed by atoms with van der Waals surface area (Å²) in [5.41, 5.74) is 0.715. The SMILES string of the molecule is O=C(O)c1ccccc1OC[C@H](O)CN1CCC2(CC1)Cc1cc(F)ccc1O2. The first-order chi connectivity index (χ1) is 13.9. The number of β-amino-alcohol motifs (C(OH)–C–C–N with tert-alkyl or cyclic N) is 1. The van der Waals surface area contributed by atoms with Gasteiger partial charge in [-0.15, -0.1) is 0 Å². The largest absolute Gasteiger partial charge is 0.490 e. The predicted molar refractivity (Wildman–Crippen MR) is 104 cm³/mol. The zero-order valence-corrected chi connectivity index (χ0v) is 16.0. The van der Waals surface area contributed by atoms with Crippen LogP contribution in [0.3, 0.4) is 0 Å². The van der Waals surface area contributed by atoms with Crippen molar-refractivity contribution in [1.82, 2.24) is 4.90 Å². The molecule has 2 aromatic rings. The fourth-order valence-corrected chi connectivity index (χ4v) is 4.13. The van der Waals surface area contributed by atoms with Crippen molar-refractivity contribution < 1.29 is 28.9 Å². The molecule has 7 heteroatoms. The van der Waals surface area contributed by atoms with Crippen LogP contribution in [0.5, 0.6) is 11.5 Å². The monoisotopic (exact) mass is 401 g/mol. The second-order valence-corrected chi connectivity index (χ2v) is 7.78. The van der Waals surface area contributed by atoms with Crippen LogP contribution in [-0.2, 0) is 6.42 Å². The number of para-hydroxylation sites is 1. The van der Waals surface area contributed by atoms with Crippen molar-refractivity contribution in [1.29, 1.82) is 0 Å². The second kappa shape index (κ2) is 8.00. The molecule has 0 unspecified atom stereocenters. The highest BCUT2D eigenvalue weighted by atomic mass is 19.1. The van der Waals surface area contributed by atoms with Gasteiger partial charge in [0.1, 0.15) is 41.2 Å². The Kier molecular flexibility index (Phi) is 5.43. The van der Waals surface area contributed by atoms with Crippen LogP contribution in [-0.4, -0.2) is 59.0 Å². The standard InChI is InChI=1S/C22H24FNO5/c23-16-5-6-19-15(11-16)12-22(29-19)7-9-24(10-8-22)13-17(25)14-28-20-4-2-1-3-18(20)21(26)27/h1-6,11,17,25H,7-10,12-14H2,(H,26,27)/t17-/m1/s1. The lowest BCUT2D eigenvalue weighted by molar-refractivity contribution is -0.00202. The number of piperidine rings is 1. The van der Waals surface area contributed by atoms with E-state index in [1.54, 1.807) is 30.3 Å². The van der Waals surface area contributed by atoms with Crippen molar-refractivity contribution in [2.24, 2.45) is 0 Å². The first kappa shape index (κ1) is 19.7. The first-order valence-corrected chi connectivity index (χ1v) is 9.77. The summed E-state index contributed by atoms with van der Waals surface area (Å²) in [6, 6.07) is 11.1. The van der Waals surface area contributed by atoms with E-state index in [2.05, 4.69) is 4.90 Å². The van der Waals surface area contributed by atoms with E-state index in [1.807, 2.05) is 0 Å². The molecule has 2 aliphatic rings. The van der Waals surface area contributed by atoms with Gasteiger partial charge < -0.3 is 24.6 Å². The number of benzene rings is 2. The minimum absolute atomic E-state index is 0.0210. The Balaban J connectivity index is 1.27. The fourth-order valence-electron chi connectivity index (χ4n) is 4.13. The van der Waals surface area contributed by atoms with Gasteiger partial charge in [-0.25, -0.2) is 9.18 Å². The summed E-state index contributed by atoms with van der Waals surface area (Å²) in [5.74, 6) is -0.283. The van der Waals surface area contributed by atoms with E-state index < -0.39 is 12.1 Å². The van der Waals surface area contributed by atoms with E-state index in [4.69, 9.17) is 9.47 Å². The number of nitrogens with zero attached hydrogens (tertiary/aromatic N) is 1. The molecule has 4 rings (SSSR count). The molecule has 2 heterocycles. The average molecular weight is 401 g/mol. The van der Waals surface area contributed by atoms with Gasteiger partial charge in [-0.1, -0.05) is 12.1 Å². The maximum Gasteiger partial charge on any atom is 0.339 e. The second-order valence-electron chi connectivity index (χ2n) is 7.78. The van der Waals surface area contributed by atoms with E-state index >= 15 is 0 Å². The molecule has 0 radical (unpaired) electrons. The van der Waals surface area contributed by atoms with Crippen molar-refractivity contribution >= 4 is 5.97 Å². The Labute approximate surface area is 168 Å². The zero-order chi connectivity index (χ0) is 20.4. The molecule has 0 aromatic heterocycles. The van der Waals surface area contributed by atoms with Gasteiger partial charge in [0.25, 0.3) is 0 Å². The third-order valence-electron chi connectivity index (χ3n) is 5.65. The number of carbonyl (C=O) groups is 1. The molecule has 1 saturated heterocycles. The van der Waals surface area contributed by atoms with Crippen LogP contribution in [0.2, 0.25) is 0 Å². The van der Waals surface area contributed by atoms with Crippen molar-refractivity contribution in [3.05, 3.63) is 59.4 Å². The van der Waals surface area contributed by atoms with Crippen LogP contribution in [0.1, 0.15) is 28.8 Å². The van der Waals surface area contributed by atoms with Crippen LogP contribution in [0.4, 0.5) is 4.39 Å². The molecular weight excluding hydrogens is 377 g/mol. The number of fused-ring (bicyclic) bond motifs is 1. The van der Waals surface area contributed by atoms with E-state index in [-0.39, 0.29) is 29.3 Å². The van der Waals surface area contributed by atoms with Gasteiger partial charge in [0.15, 0.2) is 0 Å². The van der Waals surface area contributed by atoms with Crippen LogP contribution >= 0.6 is 0 Å². The molecule has 0 aliphatic carbocycles. The number of halogens is 1. The molecule has 2 aromatic carbocycles. The Morgan fingerprint density at radius 1 is 1.24 bits per heavy atom. The topological polar surface area (TPSA) is 79.2 Å². The van der Waals surface area contributed by atoms with Gasteiger partial charge in [0.05, 0.1) is 0 Å². The number of likely N-dealkylation sites (tertiary alicyclic amines) is 1. The van der Waals surface area contributed by atoms with E-state index in [0.29, 0.717) is 13.0 Å². The van der Waals surface area contributed by atoms with E-state index in [0.717, 1.165) is 37.2 Å². The van der Waals surface area contributed by atoms with Gasteiger partial charge in [0.2, 0.25) is 0 Å².